The number of nitrogens with one attached hydrogen (secondary N) is 1. The quantitative estimate of drug-likeness (QED) is 0.434. The topological polar surface area (TPSA) is 110 Å². The summed E-state index contributed by atoms with van der Waals surface area (Å²) in [4.78, 5) is 33.4. The third-order valence-electron chi connectivity index (χ3n) is 3.17. The molecule has 0 radical (unpaired) electrons. The molecule has 1 aromatic carbocycles. The van der Waals surface area contributed by atoms with Crippen LogP contribution in [-0.4, -0.2) is 27.8 Å². The van der Waals surface area contributed by atoms with Crippen LogP contribution in [0.3, 0.4) is 0 Å². The lowest BCUT2D eigenvalue weighted by Gasteiger charge is -2.17. The van der Waals surface area contributed by atoms with E-state index in [-0.39, 0.29) is 35.1 Å². The van der Waals surface area contributed by atoms with Crippen molar-refractivity contribution in [3.63, 3.8) is 0 Å². The van der Waals surface area contributed by atoms with E-state index in [1.165, 1.54) is 18.2 Å². The van der Waals surface area contributed by atoms with E-state index in [0.29, 0.717) is 6.42 Å². The van der Waals surface area contributed by atoms with Gasteiger partial charge in [0, 0.05) is 18.1 Å². The second-order valence-corrected chi connectivity index (χ2v) is 5.43. The molecule has 0 unspecified atom stereocenters. The second-order valence-electron chi connectivity index (χ2n) is 5.43. The zero-order valence-corrected chi connectivity index (χ0v) is 12.8. The predicted octanol–water partition coefficient (Wildman–Crippen LogP) is 3.10. The molecule has 0 saturated heterocycles. The SMILES string of the molecule is CCC(=O)c1ccc(N[C@H](CC(C)C)C(=O)O)c([N+](=O)[O-])c1. The van der Waals surface area contributed by atoms with Crippen LogP contribution < -0.4 is 5.32 Å². The summed E-state index contributed by atoms with van der Waals surface area (Å²) in [7, 11) is 0. The van der Waals surface area contributed by atoms with E-state index in [1.54, 1.807) is 6.92 Å². The molecule has 0 aromatic heterocycles. The van der Waals surface area contributed by atoms with Gasteiger partial charge in [-0.3, -0.25) is 14.9 Å². The molecule has 0 aliphatic rings. The number of nitro benzene ring substituents is 1. The number of carbonyl (C=O) groups is 2. The molecule has 1 aromatic rings. The number of hydrogen-bond donors (Lipinski definition) is 2. The van der Waals surface area contributed by atoms with E-state index >= 15 is 0 Å². The first-order valence-corrected chi connectivity index (χ1v) is 7.07. The number of anilines is 1. The summed E-state index contributed by atoms with van der Waals surface area (Å²) >= 11 is 0. The number of benzene rings is 1. The fraction of sp³-hybridized carbons (Fsp3) is 0.467. The van der Waals surface area contributed by atoms with Gasteiger partial charge in [0.1, 0.15) is 11.7 Å². The lowest BCUT2D eigenvalue weighted by Crippen LogP contribution is -2.31. The summed E-state index contributed by atoms with van der Waals surface area (Å²) < 4.78 is 0. The number of aliphatic carboxylic acids is 1. The molecular formula is C15H20N2O5. The molecule has 22 heavy (non-hydrogen) atoms. The minimum absolute atomic E-state index is 0.103. The van der Waals surface area contributed by atoms with Crippen LogP contribution in [0.2, 0.25) is 0 Å². The van der Waals surface area contributed by atoms with Crippen LogP contribution in [0.15, 0.2) is 18.2 Å². The van der Waals surface area contributed by atoms with Gasteiger partial charge >= 0.3 is 5.97 Å². The Morgan fingerprint density at radius 1 is 1.36 bits per heavy atom. The van der Waals surface area contributed by atoms with Crippen molar-refractivity contribution in [2.45, 2.75) is 39.7 Å². The first-order chi connectivity index (χ1) is 10.3. The van der Waals surface area contributed by atoms with Gasteiger partial charge in [0.25, 0.3) is 5.69 Å². The molecule has 0 amide bonds. The maximum Gasteiger partial charge on any atom is 0.326 e. The van der Waals surface area contributed by atoms with Gasteiger partial charge in [-0.25, -0.2) is 4.79 Å². The van der Waals surface area contributed by atoms with Crippen LogP contribution in [0.1, 0.15) is 44.0 Å². The highest BCUT2D eigenvalue weighted by molar-refractivity contribution is 5.97. The summed E-state index contributed by atoms with van der Waals surface area (Å²) in [6.45, 7) is 5.41. The van der Waals surface area contributed by atoms with E-state index in [4.69, 9.17) is 0 Å². The molecule has 0 bridgehead atoms. The van der Waals surface area contributed by atoms with Crippen molar-refractivity contribution in [3.05, 3.63) is 33.9 Å². The summed E-state index contributed by atoms with van der Waals surface area (Å²) in [6.07, 6.45) is 0.581. The fourth-order valence-corrected chi connectivity index (χ4v) is 2.06. The van der Waals surface area contributed by atoms with E-state index in [1.807, 2.05) is 13.8 Å². The Morgan fingerprint density at radius 3 is 2.45 bits per heavy atom. The molecule has 1 atom stereocenters. The van der Waals surface area contributed by atoms with E-state index < -0.39 is 16.9 Å². The number of carbonyl (C=O) groups excluding carboxylic acids is 1. The van der Waals surface area contributed by atoms with Crippen molar-refractivity contribution in [3.8, 4) is 0 Å². The Morgan fingerprint density at radius 2 is 2.00 bits per heavy atom. The second kappa shape index (κ2) is 7.53. The third kappa shape index (κ3) is 4.54. The maximum atomic E-state index is 11.6. The highest BCUT2D eigenvalue weighted by Gasteiger charge is 2.23. The predicted molar refractivity (Wildman–Crippen MR) is 82.2 cm³/mol. The van der Waals surface area contributed by atoms with E-state index in [0.717, 1.165) is 0 Å². The molecule has 7 nitrogen and oxygen atoms in total. The average molecular weight is 308 g/mol. The van der Waals surface area contributed by atoms with Crippen molar-refractivity contribution in [2.24, 2.45) is 5.92 Å². The minimum Gasteiger partial charge on any atom is -0.480 e. The van der Waals surface area contributed by atoms with Crippen molar-refractivity contribution in [1.29, 1.82) is 0 Å². The van der Waals surface area contributed by atoms with Gasteiger partial charge in [-0.05, 0) is 24.5 Å². The summed E-state index contributed by atoms with van der Waals surface area (Å²) in [5.41, 5.74) is 0.0514. The van der Waals surface area contributed by atoms with Crippen LogP contribution in [0.5, 0.6) is 0 Å². The first-order valence-electron chi connectivity index (χ1n) is 7.07. The Kier molecular flexibility index (Phi) is 6.03. The van der Waals surface area contributed by atoms with Gasteiger partial charge in [0.2, 0.25) is 0 Å². The molecule has 0 aliphatic heterocycles. The van der Waals surface area contributed by atoms with Crippen molar-refractivity contribution in [2.75, 3.05) is 5.32 Å². The van der Waals surface area contributed by atoms with Crippen LogP contribution in [-0.2, 0) is 4.79 Å². The molecule has 0 saturated carbocycles. The van der Waals surface area contributed by atoms with E-state index in [2.05, 4.69) is 5.32 Å². The Bertz CT molecular complexity index is 583. The minimum atomic E-state index is -1.07. The number of ketones is 1. The first kappa shape index (κ1) is 17.6. The van der Waals surface area contributed by atoms with Gasteiger partial charge in [0.05, 0.1) is 4.92 Å². The fourth-order valence-electron chi connectivity index (χ4n) is 2.06. The molecule has 7 heteroatoms. The Hall–Kier alpha value is -2.44. The number of carboxylic acid groups (broad SMARTS) is 1. The van der Waals surface area contributed by atoms with Gasteiger partial charge in [-0.1, -0.05) is 20.8 Å². The van der Waals surface area contributed by atoms with Crippen LogP contribution in [0.25, 0.3) is 0 Å². The Labute approximate surface area is 128 Å². The highest BCUT2D eigenvalue weighted by Crippen LogP contribution is 2.27. The molecule has 1 rings (SSSR count). The molecule has 0 aliphatic carbocycles. The molecule has 2 N–H and O–H groups in total. The standard InChI is InChI=1S/C15H20N2O5/c1-4-14(18)10-5-6-11(13(8-10)17(21)22)16-12(15(19)20)7-9(2)3/h5-6,8-9,12,16H,4,7H2,1-3H3,(H,19,20)/t12-/m1/s1. The summed E-state index contributed by atoms with van der Waals surface area (Å²) in [5, 5.41) is 23.1. The highest BCUT2D eigenvalue weighted by atomic mass is 16.6. The summed E-state index contributed by atoms with van der Waals surface area (Å²) in [6, 6.07) is 3.11. The normalized spacial score (nSPS) is 12.0. The van der Waals surface area contributed by atoms with Crippen molar-refractivity contribution < 1.29 is 19.6 Å². The molecule has 120 valence electrons. The van der Waals surface area contributed by atoms with Gasteiger partial charge in [-0.2, -0.15) is 0 Å². The van der Waals surface area contributed by atoms with Crippen LogP contribution in [0, 0.1) is 16.0 Å². The van der Waals surface area contributed by atoms with Gasteiger partial charge < -0.3 is 10.4 Å². The lowest BCUT2D eigenvalue weighted by atomic mass is 10.0. The van der Waals surface area contributed by atoms with Gasteiger partial charge in [0.15, 0.2) is 5.78 Å². The van der Waals surface area contributed by atoms with Gasteiger partial charge in [-0.15, -0.1) is 0 Å². The van der Waals surface area contributed by atoms with Crippen molar-refractivity contribution >= 4 is 23.1 Å². The number of hydrogen-bond acceptors (Lipinski definition) is 5. The Balaban J connectivity index is 3.14. The molecule has 0 spiro atoms. The third-order valence-corrected chi connectivity index (χ3v) is 3.17. The van der Waals surface area contributed by atoms with Crippen molar-refractivity contribution in [1.82, 2.24) is 0 Å². The number of nitro groups is 1. The number of Topliss-reactive ketones (excluding diaryl/α,β-unsaturated/α-hetero) is 1. The number of rotatable bonds is 8. The molecule has 0 fully saturated rings. The number of nitrogens with zero attached hydrogens (tertiary/aromatic N) is 1. The smallest absolute Gasteiger partial charge is 0.326 e. The lowest BCUT2D eigenvalue weighted by molar-refractivity contribution is -0.384. The summed E-state index contributed by atoms with van der Waals surface area (Å²) in [5.74, 6) is -1.16. The van der Waals surface area contributed by atoms with Crippen LogP contribution >= 0.6 is 0 Å². The van der Waals surface area contributed by atoms with E-state index in [9.17, 15) is 24.8 Å². The molecule has 0 heterocycles. The maximum absolute atomic E-state index is 11.6. The largest absolute Gasteiger partial charge is 0.480 e. The number of carboxylic acids is 1. The average Bonchev–Trinajstić information content (AvgIpc) is 2.45. The van der Waals surface area contributed by atoms with Crippen LogP contribution in [0.4, 0.5) is 11.4 Å². The zero-order chi connectivity index (χ0) is 16.9. The molecular weight excluding hydrogens is 288 g/mol. The zero-order valence-electron chi connectivity index (χ0n) is 12.8. The monoisotopic (exact) mass is 308 g/mol.